The van der Waals surface area contributed by atoms with E-state index in [4.69, 9.17) is 5.26 Å². The zero-order valence-corrected chi connectivity index (χ0v) is 21.6. The third-order valence-corrected chi connectivity index (χ3v) is 7.03. The maximum atomic E-state index is 13.2. The molecule has 204 valence electrons. The second-order valence-corrected chi connectivity index (χ2v) is 9.90. The summed E-state index contributed by atoms with van der Waals surface area (Å²) in [5.74, 6) is -5.37. The zero-order valence-electron chi connectivity index (χ0n) is 21.6. The summed E-state index contributed by atoms with van der Waals surface area (Å²) in [6.07, 6.45) is -7.95. The van der Waals surface area contributed by atoms with Crippen LogP contribution in [0.4, 0.5) is 26.3 Å². The van der Waals surface area contributed by atoms with E-state index in [0.717, 1.165) is 37.9 Å². The summed E-state index contributed by atoms with van der Waals surface area (Å²) in [5, 5.41) is 7.32. The van der Waals surface area contributed by atoms with Crippen molar-refractivity contribution in [1.29, 1.82) is 5.26 Å². The van der Waals surface area contributed by atoms with Gasteiger partial charge in [-0.25, -0.2) is 0 Å². The highest BCUT2D eigenvalue weighted by molar-refractivity contribution is 5.27. The summed E-state index contributed by atoms with van der Waals surface area (Å²) in [6, 6.07) is 19.6. The molecule has 0 aliphatic heterocycles. The summed E-state index contributed by atoms with van der Waals surface area (Å²) in [7, 11) is 0. The van der Waals surface area contributed by atoms with E-state index in [2.05, 4.69) is 30.9 Å². The van der Waals surface area contributed by atoms with E-state index in [1.54, 1.807) is 18.2 Å². The SMILES string of the molecule is CC#N.CC(C)N(CCCc1ccc(C2CC(C(F)(F)F)C(C(F)(F)F)C2)cc1)CCc1ccccc1. The molecule has 0 bridgehead atoms. The molecule has 0 radical (unpaired) electrons. The van der Waals surface area contributed by atoms with Gasteiger partial charge in [0.25, 0.3) is 0 Å². The first-order chi connectivity index (χ1) is 17.4. The second kappa shape index (κ2) is 13.9. The molecule has 0 N–H and O–H groups in total. The quantitative estimate of drug-likeness (QED) is 0.307. The Kier molecular flexibility index (Phi) is 11.5. The largest absolute Gasteiger partial charge is 0.392 e. The number of benzene rings is 2. The predicted molar refractivity (Wildman–Crippen MR) is 134 cm³/mol. The van der Waals surface area contributed by atoms with Crippen molar-refractivity contribution < 1.29 is 26.3 Å². The highest BCUT2D eigenvalue weighted by Gasteiger charge is 2.59. The molecule has 0 heterocycles. The molecule has 3 rings (SSSR count). The van der Waals surface area contributed by atoms with Crippen molar-refractivity contribution in [3.63, 3.8) is 0 Å². The summed E-state index contributed by atoms with van der Waals surface area (Å²) >= 11 is 0. The smallest absolute Gasteiger partial charge is 0.301 e. The van der Waals surface area contributed by atoms with Gasteiger partial charge in [0.15, 0.2) is 0 Å². The predicted octanol–water partition coefficient (Wildman–Crippen LogP) is 8.34. The van der Waals surface area contributed by atoms with Gasteiger partial charge in [-0.1, -0.05) is 54.6 Å². The Bertz CT molecular complexity index is 939. The Morgan fingerprint density at radius 2 is 1.30 bits per heavy atom. The number of aryl methyl sites for hydroxylation is 1. The van der Waals surface area contributed by atoms with Crippen LogP contribution in [0.15, 0.2) is 54.6 Å². The lowest BCUT2D eigenvalue weighted by Gasteiger charge is -2.26. The lowest BCUT2D eigenvalue weighted by atomic mass is 9.94. The standard InChI is InChI=1S/C27H33F6N.C2H3N/c1-19(2)34(16-14-20-7-4-3-5-8-20)15-6-9-21-10-12-22(13-11-21)23-17-24(26(28,29)30)25(18-23)27(31,32)33;1-2-3/h3-5,7-8,10-13,19,23-25H,6,9,14-18H2,1-2H3;1H3. The van der Waals surface area contributed by atoms with Gasteiger partial charge in [0.2, 0.25) is 0 Å². The van der Waals surface area contributed by atoms with Crippen LogP contribution in [-0.2, 0) is 12.8 Å². The average Bonchev–Trinajstić information content (AvgIpc) is 3.30. The average molecular weight is 527 g/mol. The summed E-state index contributed by atoms with van der Waals surface area (Å²) in [5.41, 5.74) is 2.92. The molecule has 1 aliphatic rings. The molecule has 2 aromatic carbocycles. The number of alkyl halides is 6. The van der Waals surface area contributed by atoms with Crippen LogP contribution in [0.5, 0.6) is 0 Å². The van der Waals surface area contributed by atoms with E-state index in [0.29, 0.717) is 11.6 Å². The van der Waals surface area contributed by atoms with Crippen molar-refractivity contribution in [3.05, 3.63) is 71.3 Å². The molecular weight excluding hydrogens is 490 g/mol. The Morgan fingerprint density at radius 3 is 1.76 bits per heavy atom. The molecule has 1 aliphatic carbocycles. The van der Waals surface area contributed by atoms with Gasteiger partial charge in [-0.2, -0.15) is 31.6 Å². The monoisotopic (exact) mass is 526 g/mol. The third kappa shape index (κ3) is 9.70. The molecule has 2 unspecified atom stereocenters. The van der Waals surface area contributed by atoms with Crippen LogP contribution in [0.3, 0.4) is 0 Å². The van der Waals surface area contributed by atoms with E-state index >= 15 is 0 Å². The van der Waals surface area contributed by atoms with Crippen LogP contribution in [0, 0.1) is 23.2 Å². The minimum absolute atomic E-state index is 0.414. The van der Waals surface area contributed by atoms with E-state index < -0.39 is 42.9 Å². The van der Waals surface area contributed by atoms with Crippen LogP contribution < -0.4 is 0 Å². The molecule has 2 aromatic rings. The van der Waals surface area contributed by atoms with Gasteiger partial charge in [0.1, 0.15) is 0 Å². The van der Waals surface area contributed by atoms with Gasteiger partial charge in [0, 0.05) is 19.5 Å². The Morgan fingerprint density at radius 1 is 0.811 bits per heavy atom. The third-order valence-electron chi connectivity index (χ3n) is 7.03. The normalized spacial score (nSPS) is 20.0. The Hall–Kier alpha value is -2.53. The molecule has 0 amide bonds. The van der Waals surface area contributed by atoms with Gasteiger partial charge in [-0.3, -0.25) is 0 Å². The van der Waals surface area contributed by atoms with Crippen molar-refractivity contribution in [3.8, 4) is 6.07 Å². The van der Waals surface area contributed by atoms with Gasteiger partial charge in [0.05, 0.1) is 17.9 Å². The fraction of sp³-hybridized carbons (Fsp3) is 0.552. The number of halogens is 6. The van der Waals surface area contributed by atoms with Crippen LogP contribution in [0.1, 0.15) is 62.6 Å². The summed E-state index contributed by atoms with van der Waals surface area (Å²) < 4.78 is 79.2. The van der Waals surface area contributed by atoms with Crippen molar-refractivity contribution in [2.75, 3.05) is 13.1 Å². The summed E-state index contributed by atoms with van der Waals surface area (Å²) in [4.78, 5) is 2.43. The van der Waals surface area contributed by atoms with Crippen LogP contribution in [-0.4, -0.2) is 36.4 Å². The van der Waals surface area contributed by atoms with E-state index in [-0.39, 0.29) is 0 Å². The van der Waals surface area contributed by atoms with Crippen LogP contribution in [0.25, 0.3) is 0 Å². The lowest BCUT2D eigenvalue weighted by molar-refractivity contribution is -0.245. The zero-order chi connectivity index (χ0) is 27.6. The second-order valence-electron chi connectivity index (χ2n) is 9.90. The molecular formula is C29H36F6N2. The first kappa shape index (κ1) is 30.7. The topological polar surface area (TPSA) is 27.0 Å². The highest BCUT2D eigenvalue weighted by Crippen LogP contribution is 2.54. The molecule has 2 nitrogen and oxygen atoms in total. The molecule has 1 fully saturated rings. The number of nitrogens with zero attached hydrogens (tertiary/aromatic N) is 2. The molecule has 0 saturated heterocycles. The molecule has 2 atom stereocenters. The fourth-order valence-electron chi connectivity index (χ4n) is 5.02. The first-order valence-electron chi connectivity index (χ1n) is 12.7. The minimum atomic E-state index is -4.84. The van der Waals surface area contributed by atoms with Crippen LogP contribution in [0.2, 0.25) is 0 Å². The van der Waals surface area contributed by atoms with Crippen molar-refractivity contribution in [2.45, 2.75) is 77.2 Å². The maximum absolute atomic E-state index is 13.2. The van der Waals surface area contributed by atoms with E-state index in [9.17, 15) is 26.3 Å². The number of hydrogen-bond acceptors (Lipinski definition) is 2. The minimum Gasteiger partial charge on any atom is -0.301 e. The Balaban J connectivity index is 0.00000153. The van der Waals surface area contributed by atoms with E-state index in [1.807, 2.05) is 30.3 Å². The maximum Gasteiger partial charge on any atom is 0.392 e. The number of nitriles is 1. The van der Waals surface area contributed by atoms with E-state index in [1.165, 1.54) is 12.5 Å². The molecule has 1 saturated carbocycles. The Labute approximate surface area is 216 Å². The lowest BCUT2D eigenvalue weighted by Crippen LogP contribution is -2.35. The first-order valence-corrected chi connectivity index (χ1v) is 12.7. The molecule has 8 heteroatoms. The fourth-order valence-corrected chi connectivity index (χ4v) is 5.02. The molecule has 37 heavy (non-hydrogen) atoms. The summed E-state index contributed by atoms with van der Waals surface area (Å²) in [6.45, 7) is 7.66. The highest BCUT2D eigenvalue weighted by atomic mass is 19.4. The molecule has 0 spiro atoms. The van der Waals surface area contributed by atoms with Gasteiger partial charge < -0.3 is 4.90 Å². The van der Waals surface area contributed by atoms with Gasteiger partial charge in [-0.15, -0.1) is 0 Å². The van der Waals surface area contributed by atoms with Crippen molar-refractivity contribution in [1.82, 2.24) is 4.90 Å². The van der Waals surface area contributed by atoms with Crippen molar-refractivity contribution in [2.24, 2.45) is 11.8 Å². The number of hydrogen-bond donors (Lipinski definition) is 0. The van der Waals surface area contributed by atoms with Gasteiger partial charge >= 0.3 is 12.4 Å². The van der Waals surface area contributed by atoms with Crippen LogP contribution >= 0.6 is 0 Å². The molecule has 0 aromatic heterocycles. The number of rotatable bonds is 9. The van der Waals surface area contributed by atoms with Crippen molar-refractivity contribution >= 4 is 0 Å². The van der Waals surface area contributed by atoms with Gasteiger partial charge in [-0.05, 0) is 75.1 Å².